The number of anilines is 2. The van der Waals surface area contributed by atoms with Gasteiger partial charge in [0.15, 0.2) is 5.82 Å². The molecule has 0 radical (unpaired) electrons. The molecule has 4 N–H and O–H groups in total. The molecule has 0 atom stereocenters. The SMILES string of the molecule is Cc1ccc(Br)cc1NC(=O)c1cnc(NN)cn1. The van der Waals surface area contributed by atoms with Gasteiger partial charge in [0.25, 0.3) is 5.91 Å². The monoisotopic (exact) mass is 321 g/mol. The Bertz CT molecular complexity index is 600. The number of halogens is 1. The van der Waals surface area contributed by atoms with Crippen molar-refractivity contribution in [3.05, 3.63) is 46.3 Å². The third-order valence-corrected chi connectivity index (χ3v) is 2.97. The van der Waals surface area contributed by atoms with Gasteiger partial charge in [-0.2, -0.15) is 0 Å². The first-order chi connectivity index (χ1) is 9.10. The van der Waals surface area contributed by atoms with Gasteiger partial charge in [0.1, 0.15) is 5.69 Å². The lowest BCUT2D eigenvalue weighted by Gasteiger charge is -2.08. The van der Waals surface area contributed by atoms with E-state index in [0.717, 1.165) is 15.7 Å². The van der Waals surface area contributed by atoms with E-state index < -0.39 is 0 Å². The van der Waals surface area contributed by atoms with Crippen LogP contribution in [0.4, 0.5) is 11.5 Å². The highest BCUT2D eigenvalue weighted by molar-refractivity contribution is 9.10. The van der Waals surface area contributed by atoms with Gasteiger partial charge in [0.05, 0.1) is 12.4 Å². The third kappa shape index (κ3) is 3.27. The van der Waals surface area contributed by atoms with Gasteiger partial charge in [-0.1, -0.05) is 22.0 Å². The van der Waals surface area contributed by atoms with Gasteiger partial charge >= 0.3 is 0 Å². The molecule has 1 aromatic carbocycles. The first-order valence-electron chi connectivity index (χ1n) is 5.46. The number of amides is 1. The van der Waals surface area contributed by atoms with Gasteiger partial charge < -0.3 is 10.7 Å². The van der Waals surface area contributed by atoms with E-state index in [0.29, 0.717) is 5.82 Å². The molecule has 0 aliphatic heterocycles. The normalized spacial score (nSPS) is 10.1. The summed E-state index contributed by atoms with van der Waals surface area (Å²) in [4.78, 5) is 19.9. The molecule has 1 amide bonds. The molecular weight excluding hydrogens is 310 g/mol. The summed E-state index contributed by atoms with van der Waals surface area (Å²) in [5.74, 6) is 5.25. The second-order valence-electron chi connectivity index (χ2n) is 3.84. The van der Waals surface area contributed by atoms with Crippen LogP contribution in [-0.4, -0.2) is 15.9 Å². The van der Waals surface area contributed by atoms with Crippen molar-refractivity contribution >= 4 is 33.3 Å². The van der Waals surface area contributed by atoms with E-state index in [4.69, 9.17) is 5.84 Å². The van der Waals surface area contributed by atoms with Gasteiger partial charge in [-0.15, -0.1) is 0 Å². The molecule has 2 rings (SSSR count). The number of benzene rings is 1. The highest BCUT2D eigenvalue weighted by Gasteiger charge is 2.10. The van der Waals surface area contributed by atoms with E-state index in [-0.39, 0.29) is 11.6 Å². The van der Waals surface area contributed by atoms with Gasteiger partial charge in [0, 0.05) is 10.2 Å². The Kier molecular flexibility index (Phi) is 4.08. The van der Waals surface area contributed by atoms with Gasteiger partial charge in [-0.05, 0) is 24.6 Å². The number of nitrogen functional groups attached to an aromatic ring is 1. The van der Waals surface area contributed by atoms with E-state index in [1.54, 1.807) is 0 Å². The number of nitrogens with one attached hydrogen (secondary N) is 2. The zero-order chi connectivity index (χ0) is 13.8. The smallest absolute Gasteiger partial charge is 0.275 e. The molecule has 6 nitrogen and oxygen atoms in total. The van der Waals surface area contributed by atoms with Gasteiger partial charge in [0.2, 0.25) is 0 Å². The van der Waals surface area contributed by atoms with Crippen LogP contribution in [0.15, 0.2) is 35.1 Å². The molecule has 0 aliphatic carbocycles. The summed E-state index contributed by atoms with van der Waals surface area (Å²) in [7, 11) is 0. The summed E-state index contributed by atoms with van der Waals surface area (Å²) in [6.45, 7) is 1.91. The van der Waals surface area contributed by atoms with Crippen LogP contribution in [0.3, 0.4) is 0 Å². The Balaban J connectivity index is 2.18. The maximum atomic E-state index is 12.0. The van der Waals surface area contributed by atoms with Crippen molar-refractivity contribution in [2.24, 2.45) is 5.84 Å². The lowest BCUT2D eigenvalue weighted by Crippen LogP contribution is -2.16. The standard InChI is InChI=1S/C12H12BrN5O/c1-7-2-3-8(13)4-9(7)17-12(19)10-5-16-11(18-14)6-15-10/h2-6H,14H2,1H3,(H,16,18)(H,17,19). The third-order valence-electron chi connectivity index (χ3n) is 2.48. The van der Waals surface area contributed by atoms with E-state index in [1.165, 1.54) is 12.4 Å². The summed E-state index contributed by atoms with van der Waals surface area (Å²) < 4.78 is 0.891. The van der Waals surface area contributed by atoms with Crippen molar-refractivity contribution in [3.8, 4) is 0 Å². The first kappa shape index (κ1) is 13.4. The maximum absolute atomic E-state index is 12.0. The average Bonchev–Trinajstić information content (AvgIpc) is 2.43. The predicted octanol–water partition coefficient (Wildman–Crippen LogP) is 2.09. The Morgan fingerprint density at radius 2 is 2.11 bits per heavy atom. The fraction of sp³-hybridized carbons (Fsp3) is 0.0833. The molecule has 1 heterocycles. The quantitative estimate of drug-likeness (QED) is 0.594. The second kappa shape index (κ2) is 5.77. The minimum atomic E-state index is -0.322. The first-order valence-corrected chi connectivity index (χ1v) is 6.25. The van der Waals surface area contributed by atoms with Gasteiger partial charge in [-0.3, -0.25) is 4.79 Å². The average molecular weight is 322 g/mol. The summed E-state index contributed by atoms with van der Waals surface area (Å²) >= 11 is 3.36. The summed E-state index contributed by atoms with van der Waals surface area (Å²) in [5.41, 5.74) is 4.26. The van der Waals surface area contributed by atoms with Crippen molar-refractivity contribution in [1.29, 1.82) is 0 Å². The molecule has 0 saturated heterocycles. The Labute approximate surface area is 118 Å². The maximum Gasteiger partial charge on any atom is 0.275 e. The topological polar surface area (TPSA) is 92.9 Å². The fourth-order valence-corrected chi connectivity index (χ4v) is 1.80. The lowest BCUT2D eigenvalue weighted by molar-refractivity contribution is 0.102. The molecule has 0 aliphatic rings. The molecule has 0 bridgehead atoms. The number of aryl methyl sites for hydroxylation is 1. The van der Waals surface area contributed by atoms with Crippen molar-refractivity contribution in [3.63, 3.8) is 0 Å². The van der Waals surface area contributed by atoms with Crippen molar-refractivity contribution < 1.29 is 4.79 Å². The number of aromatic nitrogens is 2. The van der Waals surface area contributed by atoms with Crippen LogP contribution in [0.1, 0.15) is 16.1 Å². The second-order valence-corrected chi connectivity index (χ2v) is 4.76. The van der Waals surface area contributed by atoms with Crippen LogP contribution in [-0.2, 0) is 0 Å². The Morgan fingerprint density at radius 3 is 2.74 bits per heavy atom. The van der Waals surface area contributed by atoms with E-state index in [2.05, 4.69) is 36.6 Å². The van der Waals surface area contributed by atoms with Crippen LogP contribution in [0.25, 0.3) is 0 Å². The van der Waals surface area contributed by atoms with Crippen LogP contribution in [0.2, 0.25) is 0 Å². The van der Waals surface area contributed by atoms with Crippen molar-refractivity contribution in [2.45, 2.75) is 6.92 Å². The Morgan fingerprint density at radius 1 is 1.32 bits per heavy atom. The minimum absolute atomic E-state index is 0.221. The number of nitrogens with zero attached hydrogens (tertiary/aromatic N) is 2. The molecule has 1 aromatic heterocycles. The number of nitrogens with two attached hydrogens (primary N) is 1. The molecular formula is C12H12BrN5O. The summed E-state index contributed by atoms with van der Waals surface area (Å²) in [6.07, 6.45) is 2.75. The number of rotatable bonds is 3. The molecule has 0 saturated carbocycles. The van der Waals surface area contributed by atoms with Gasteiger partial charge in [-0.25, -0.2) is 15.8 Å². The number of hydrazine groups is 1. The number of carbonyl (C=O) groups is 1. The van der Waals surface area contributed by atoms with E-state index >= 15 is 0 Å². The minimum Gasteiger partial charge on any atom is -0.320 e. The lowest BCUT2D eigenvalue weighted by atomic mass is 10.2. The summed E-state index contributed by atoms with van der Waals surface area (Å²) in [5, 5.41) is 2.78. The molecule has 0 spiro atoms. The van der Waals surface area contributed by atoms with Crippen molar-refractivity contribution in [2.75, 3.05) is 10.7 Å². The molecule has 98 valence electrons. The molecule has 0 fully saturated rings. The molecule has 19 heavy (non-hydrogen) atoms. The van der Waals surface area contributed by atoms with Crippen LogP contribution in [0.5, 0.6) is 0 Å². The summed E-state index contributed by atoms with van der Waals surface area (Å²) in [6, 6.07) is 5.65. The van der Waals surface area contributed by atoms with Crippen LogP contribution in [0, 0.1) is 6.92 Å². The number of hydrogen-bond donors (Lipinski definition) is 3. The van der Waals surface area contributed by atoms with E-state index in [1.807, 2.05) is 25.1 Å². The van der Waals surface area contributed by atoms with Crippen molar-refractivity contribution in [1.82, 2.24) is 9.97 Å². The number of hydrogen-bond acceptors (Lipinski definition) is 5. The van der Waals surface area contributed by atoms with Crippen LogP contribution < -0.4 is 16.6 Å². The zero-order valence-electron chi connectivity index (χ0n) is 10.1. The molecule has 2 aromatic rings. The molecule has 7 heteroatoms. The van der Waals surface area contributed by atoms with Crippen LogP contribution >= 0.6 is 15.9 Å². The zero-order valence-corrected chi connectivity index (χ0v) is 11.7. The largest absolute Gasteiger partial charge is 0.320 e. The number of carbonyl (C=O) groups excluding carboxylic acids is 1. The highest BCUT2D eigenvalue weighted by atomic mass is 79.9. The predicted molar refractivity (Wildman–Crippen MR) is 76.7 cm³/mol. The Hall–Kier alpha value is -1.99. The molecule has 0 unspecified atom stereocenters. The van der Waals surface area contributed by atoms with E-state index in [9.17, 15) is 4.79 Å². The highest BCUT2D eigenvalue weighted by Crippen LogP contribution is 2.21. The fourth-order valence-electron chi connectivity index (χ4n) is 1.44.